The SMILES string of the molecule is COc1cc(/C=C(/C#N)C(=O)NC(C)C)c(Br)cc1OCc1cccc(C)c1. The molecule has 0 saturated heterocycles. The number of nitriles is 1. The lowest BCUT2D eigenvalue weighted by atomic mass is 10.1. The molecule has 0 heterocycles. The number of carbonyl (C=O) groups excluding carboxylic acids is 1. The third-order valence-corrected chi connectivity index (χ3v) is 4.53. The number of aryl methyl sites for hydroxylation is 1. The monoisotopic (exact) mass is 442 g/mol. The van der Waals surface area contributed by atoms with Crippen molar-refractivity contribution in [3.63, 3.8) is 0 Å². The Bertz CT molecular complexity index is 930. The van der Waals surface area contributed by atoms with Crippen molar-refractivity contribution in [3.8, 4) is 17.6 Å². The molecule has 0 aliphatic carbocycles. The van der Waals surface area contributed by atoms with E-state index in [9.17, 15) is 10.1 Å². The van der Waals surface area contributed by atoms with Crippen molar-refractivity contribution in [1.82, 2.24) is 5.32 Å². The highest BCUT2D eigenvalue weighted by Crippen LogP contribution is 2.35. The van der Waals surface area contributed by atoms with Gasteiger partial charge in [-0.25, -0.2) is 0 Å². The van der Waals surface area contributed by atoms with E-state index in [1.807, 2.05) is 45.0 Å². The van der Waals surface area contributed by atoms with Crippen LogP contribution in [0.4, 0.5) is 0 Å². The van der Waals surface area contributed by atoms with Gasteiger partial charge >= 0.3 is 0 Å². The topological polar surface area (TPSA) is 71.3 Å². The molecule has 2 aromatic carbocycles. The van der Waals surface area contributed by atoms with Crippen LogP contribution in [0.3, 0.4) is 0 Å². The lowest BCUT2D eigenvalue weighted by Gasteiger charge is -2.13. The summed E-state index contributed by atoms with van der Waals surface area (Å²) in [5.74, 6) is 0.671. The first kappa shape index (κ1) is 21.5. The van der Waals surface area contributed by atoms with Crippen molar-refractivity contribution >= 4 is 27.9 Å². The summed E-state index contributed by atoms with van der Waals surface area (Å²) in [7, 11) is 1.55. The van der Waals surface area contributed by atoms with Gasteiger partial charge in [0, 0.05) is 10.5 Å². The molecule has 0 aromatic heterocycles. The Morgan fingerprint density at radius 3 is 2.64 bits per heavy atom. The largest absolute Gasteiger partial charge is 0.493 e. The van der Waals surface area contributed by atoms with Gasteiger partial charge < -0.3 is 14.8 Å². The van der Waals surface area contributed by atoms with Crippen LogP contribution in [0.15, 0.2) is 46.4 Å². The third-order valence-electron chi connectivity index (χ3n) is 3.84. The van der Waals surface area contributed by atoms with Crippen LogP contribution in [0.1, 0.15) is 30.5 Å². The van der Waals surface area contributed by atoms with E-state index in [1.54, 1.807) is 19.2 Å². The van der Waals surface area contributed by atoms with Crippen molar-refractivity contribution in [2.24, 2.45) is 0 Å². The maximum Gasteiger partial charge on any atom is 0.262 e. The van der Waals surface area contributed by atoms with Gasteiger partial charge in [0.25, 0.3) is 5.91 Å². The van der Waals surface area contributed by atoms with E-state index in [1.165, 1.54) is 11.6 Å². The van der Waals surface area contributed by atoms with E-state index in [2.05, 4.69) is 27.3 Å². The number of hydrogen-bond donors (Lipinski definition) is 1. The van der Waals surface area contributed by atoms with Crippen LogP contribution in [0.25, 0.3) is 6.08 Å². The number of benzene rings is 2. The zero-order chi connectivity index (χ0) is 20.7. The first-order valence-electron chi connectivity index (χ1n) is 8.82. The smallest absolute Gasteiger partial charge is 0.262 e. The van der Waals surface area contributed by atoms with Gasteiger partial charge in [0.15, 0.2) is 11.5 Å². The van der Waals surface area contributed by atoms with Gasteiger partial charge in [-0.1, -0.05) is 45.8 Å². The predicted molar refractivity (Wildman–Crippen MR) is 113 cm³/mol. The summed E-state index contributed by atoms with van der Waals surface area (Å²) in [6.45, 7) is 6.11. The highest BCUT2D eigenvalue weighted by atomic mass is 79.9. The summed E-state index contributed by atoms with van der Waals surface area (Å²) in [6, 6.07) is 13.5. The highest BCUT2D eigenvalue weighted by molar-refractivity contribution is 9.10. The minimum absolute atomic E-state index is 0.0184. The number of carbonyl (C=O) groups is 1. The quantitative estimate of drug-likeness (QED) is 0.494. The fourth-order valence-electron chi connectivity index (χ4n) is 2.54. The predicted octanol–water partition coefficient (Wildman–Crippen LogP) is 4.78. The van der Waals surface area contributed by atoms with E-state index < -0.39 is 5.91 Å². The molecule has 1 amide bonds. The zero-order valence-electron chi connectivity index (χ0n) is 16.4. The lowest BCUT2D eigenvalue weighted by Crippen LogP contribution is -2.30. The van der Waals surface area contributed by atoms with E-state index in [-0.39, 0.29) is 11.6 Å². The Kier molecular flexibility index (Phi) is 7.65. The van der Waals surface area contributed by atoms with Gasteiger partial charge in [0.1, 0.15) is 18.2 Å². The average molecular weight is 443 g/mol. The van der Waals surface area contributed by atoms with Crippen LogP contribution in [0.5, 0.6) is 11.5 Å². The fourth-order valence-corrected chi connectivity index (χ4v) is 2.98. The van der Waals surface area contributed by atoms with Gasteiger partial charge in [-0.3, -0.25) is 4.79 Å². The molecule has 5 nitrogen and oxygen atoms in total. The number of ether oxygens (including phenoxy) is 2. The molecule has 0 spiro atoms. The van der Waals surface area contributed by atoms with Crippen LogP contribution in [0.2, 0.25) is 0 Å². The summed E-state index contributed by atoms with van der Waals surface area (Å²) in [5, 5.41) is 12.0. The molecule has 0 unspecified atom stereocenters. The third kappa shape index (κ3) is 5.86. The van der Waals surface area contributed by atoms with Crippen molar-refractivity contribution in [2.75, 3.05) is 7.11 Å². The second kappa shape index (κ2) is 9.95. The Labute approximate surface area is 174 Å². The molecule has 2 rings (SSSR count). The Morgan fingerprint density at radius 1 is 1.29 bits per heavy atom. The van der Waals surface area contributed by atoms with Crippen LogP contribution in [0, 0.1) is 18.3 Å². The summed E-state index contributed by atoms with van der Waals surface area (Å²) in [5.41, 5.74) is 2.89. The maximum atomic E-state index is 12.1. The molecule has 1 N–H and O–H groups in total. The fraction of sp³-hybridized carbons (Fsp3) is 0.273. The molecular formula is C22H23BrN2O3. The first-order valence-corrected chi connectivity index (χ1v) is 9.62. The number of methoxy groups -OCH3 is 1. The standard InChI is InChI=1S/C22H23BrN2O3/c1-14(2)25-22(26)18(12-24)9-17-10-20(27-4)21(11-19(17)23)28-13-16-7-5-6-15(3)8-16/h5-11,14H,13H2,1-4H3,(H,25,26)/b18-9-. The minimum Gasteiger partial charge on any atom is -0.493 e. The summed E-state index contributed by atoms with van der Waals surface area (Å²) < 4.78 is 12.0. The van der Waals surface area contributed by atoms with E-state index in [0.717, 1.165) is 5.56 Å². The first-order chi connectivity index (χ1) is 13.3. The van der Waals surface area contributed by atoms with E-state index >= 15 is 0 Å². The Hall–Kier alpha value is -2.78. The molecule has 28 heavy (non-hydrogen) atoms. The number of nitrogens with one attached hydrogen (secondary N) is 1. The Balaban J connectivity index is 2.28. The molecular weight excluding hydrogens is 420 g/mol. The number of amides is 1. The second-order valence-corrected chi connectivity index (χ2v) is 7.45. The van der Waals surface area contributed by atoms with Crippen molar-refractivity contribution in [3.05, 3.63) is 63.1 Å². The van der Waals surface area contributed by atoms with Crippen molar-refractivity contribution in [2.45, 2.75) is 33.4 Å². The number of halogens is 1. The van der Waals surface area contributed by atoms with Crippen molar-refractivity contribution in [1.29, 1.82) is 5.26 Å². The van der Waals surface area contributed by atoms with Gasteiger partial charge in [0.05, 0.1) is 7.11 Å². The molecule has 0 bridgehead atoms. The van der Waals surface area contributed by atoms with Crippen LogP contribution < -0.4 is 14.8 Å². The molecule has 0 atom stereocenters. The van der Waals surface area contributed by atoms with Crippen LogP contribution in [-0.4, -0.2) is 19.1 Å². The van der Waals surface area contributed by atoms with E-state index in [4.69, 9.17) is 9.47 Å². The molecule has 0 saturated carbocycles. The average Bonchev–Trinajstić information content (AvgIpc) is 2.64. The van der Waals surface area contributed by atoms with Crippen LogP contribution >= 0.6 is 15.9 Å². The number of hydrogen-bond acceptors (Lipinski definition) is 4. The molecule has 2 aromatic rings. The van der Waals surface area contributed by atoms with E-state index in [0.29, 0.717) is 28.1 Å². The summed E-state index contributed by atoms with van der Waals surface area (Å²) >= 11 is 3.48. The number of nitrogens with zero attached hydrogens (tertiary/aromatic N) is 1. The molecule has 0 radical (unpaired) electrons. The van der Waals surface area contributed by atoms with Gasteiger partial charge in [0.2, 0.25) is 0 Å². The molecule has 0 fully saturated rings. The zero-order valence-corrected chi connectivity index (χ0v) is 18.0. The minimum atomic E-state index is -0.414. The van der Waals surface area contributed by atoms with Gasteiger partial charge in [-0.15, -0.1) is 0 Å². The molecule has 0 aliphatic heterocycles. The molecule has 0 aliphatic rings. The van der Waals surface area contributed by atoms with Gasteiger partial charge in [-0.05, 0) is 50.1 Å². The molecule has 146 valence electrons. The highest BCUT2D eigenvalue weighted by Gasteiger charge is 2.14. The van der Waals surface area contributed by atoms with Crippen LogP contribution in [-0.2, 0) is 11.4 Å². The summed E-state index contributed by atoms with van der Waals surface area (Å²) in [6.07, 6.45) is 1.52. The normalized spacial score (nSPS) is 11.1. The lowest BCUT2D eigenvalue weighted by molar-refractivity contribution is -0.117. The summed E-state index contributed by atoms with van der Waals surface area (Å²) in [4.78, 5) is 12.1. The van der Waals surface area contributed by atoms with Crippen molar-refractivity contribution < 1.29 is 14.3 Å². The molecule has 6 heteroatoms. The maximum absolute atomic E-state index is 12.1. The Morgan fingerprint density at radius 2 is 2.04 bits per heavy atom. The van der Waals surface area contributed by atoms with Gasteiger partial charge in [-0.2, -0.15) is 5.26 Å². The number of rotatable bonds is 7. The second-order valence-electron chi connectivity index (χ2n) is 6.60.